The second-order valence-electron chi connectivity index (χ2n) is 3.50. The quantitative estimate of drug-likeness (QED) is 0.164. The molecule has 0 saturated heterocycles. The van der Waals surface area contributed by atoms with Crippen LogP contribution < -0.4 is 0 Å². The number of aldehydes is 1. The molecular formula is C6H14O12P2. The Morgan fingerprint density at radius 3 is 1.75 bits per heavy atom. The van der Waals surface area contributed by atoms with Gasteiger partial charge in [0, 0.05) is 0 Å². The molecule has 0 amide bonds. The predicted octanol–water partition coefficient (Wildman–Crippen LogP) is -3.14. The van der Waals surface area contributed by atoms with Gasteiger partial charge in [-0.25, -0.2) is 9.13 Å². The van der Waals surface area contributed by atoms with Crippen LogP contribution in [0.2, 0.25) is 0 Å². The third kappa shape index (κ3) is 7.53. The summed E-state index contributed by atoms with van der Waals surface area (Å²) >= 11 is 0. The topological polar surface area (TPSA) is 211 Å². The van der Waals surface area contributed by atoms with Crippen LogP contribution in [0.25, 0.3) is 0 Å². The van der Waals surface area contributed by atoms with Gasteiger partial charge >= 0.3 is 15.6 Å². The van der Waals surface area contributed by atoms with Crippen molar-refractivity contribution in [2.24, 2.45) is 0 Å². The summed E-state index contributed by atoms with van der Waals surface area (Å²) in [5.41, 5.74) is 0. The SMILES string of the molecule is O=C[C@@H](OP(=O)(O)O)[C@@H](OP(=O)(O)O)[C@@H](O)[C@@H](O)CO. The van der Waals surface area contributed by atoms with E-state index in [9.17, 15) is 19.0 Å². The molecule has 0 aliphatic carbocycles. The summed E-state index contributed by atoms with van der Waals surface area (Å²) in [5.74, 6) is 0. The molecule has 0 aliphatic heterocycles. The zero-order chi connectivity index (χ0) is 16.1. The first-order chi connectivity index (χ1) is 8.91. The molecule has 0 aromatic heterocycles. The van der Waals surface area contributed by atoms with E-state index in [0.717, 1.165) is 0 Å². The van der Waals surface area contributed by atoms with Crippen molar-refractivity contribution >= 4 is 21.9 Å². The third-order valence-corrected chi connectivity index (χ3v) is 2.93. The Morgan fingerprint density at radius 1 is 1.00 bits per heavy atom. The summed E-state index contributed by atoms with van der Waals surface area (Å²) in [6, 6.07) is 0. The fraction of sp³-hybridized carbons (Fsp3) is 0.833. The highest BCUT2D eigenvalue weighted by Gasteiger charge is 2.41. The van der Waals surface area contributed by atoms with E-state index < -0.39 is 46.7 Å². The van der Waals surface area contributed by atoms with E-state index in [-0.39, 0.29) is 6.29 Å². The van der Waals surface area contributed by atoms with Crippen molar-refractivity contribution in [2.75, 3.05) is 6.61 Å². The number of aliphatic hydroxyl groups excluding tert-OH is 3. The molecule has 7 N–H and O–H groups in total. The molecule has 0 saturated carbocycles. The van der Waals surface area contributed by atoms with E-state index in [2.05, 4.69) is 9.05 Å². The van der Waals surface area contributed by atoms with Gasteiger partial charge < -0.3 is 39.7 Å². The Bertz CT molecular complexity index is 399. The lowest BCUT2D eigenvalue weighted by Crippen LogP contribution is -2.48. The molecule has 0 radical (unpaired) electrons. The molecule has 0 aromatic rings. The standard InChI is InChI=1S/C6H14O12P2/c7-1-3(9)5(10)6(18-20(14,15)16)4(2-8)17-19(11,12)13/h2-7,9-10H,1H2,(H2,11,12,13)(H2,14,15,16)/t3-,4+,5-,6+/m0/s1. The number of hydrogen-bond donors (Lipinski definition) is 7. The molecule has 120 valence electrons. The summed E-state index contributed by atoms with van der Waals surface area (Å²) in [7, 11) is -10.6. The number of carbonyl (C=O) groups excluding carboxylic acids is 1. The van der Waals surface area contributed by atoms with Crippen molar-refractivity contribution in [3.63, 3.8) is 0 Å². The summed E-state index contributed by atoms with van der Waals surface area (Å²) in [4.78, 5) is 44.9. The molecular weight excluding hydrogens is 326 g/mol. The van der Waals surface area contributed by atoms with Crippen LogP contribution in [0.15, 0.2) is 0 Å². The summed E-state index contributed by atoms with van der Waals surface area (Å²) in [5, 5.41) is 27.2. The van der Waals surface area contributed by atoms with Crippen molar-refractivity contribution in [1.29, 1.82) is 0 Å². The van der Waals surface area contributed by atoms with E-state index in [1.165, 1.54) is 0 Å². The molecule has 0 rings (SSSR count). The molecule has 14 heteroatoms. The lowest BCUT2D eigenvalue weighted by Gasteiger charge is -2.29. The van der Waals surface area contributed by atoms with Crippen LogP contribution >= 0.6 is 15.6 Å². The monoisotopic (exact) mass is 340 g/mol. The highest BCUT2D eigenvalue weighted by atomic mass is 31.2. The van der Waals surface area contributed by atoms with Crippen molar-refractivity contribution < 1.29 is 57.9 Å². The Kier molecular flexibility index (Phi) is 7.60. The summed E-state index contributed by atoms with van der Waals surface area (Å²) < 4.78 is 29.2. The molecule has 0 unspecified atom stereocenters. The van der Waals surface area contributed by atoms with Crippen molar-refractivity contribution in [3.05, 3.63) is 0 Å². The van der Waals surface area contributed by atoms with Gasteiger partial charge in [0.1, 0.15) is 18.3 Å². The number of phosphoric acid groups is 2. The van der Waals surface area contributed by atoms with Gasteiger partial charge in [-0.3, -0.25) is 9.05 Å². The smallest absolute Gasteiger partial charge is 0.394 e. The first-order valence-electron chi connectivity index (χ1n) is 4.81. The van der Waals surface area contributed by atoms with Crippen LogP contribution in [0.4, 0.5) is 0 Å². The molecule has 0 fully saturated rings. The molecule has 0 spiro atoms. The van der Waals surface area contributed by atoms with Crippen molar-refractivity contribution in [1.82, 2.24) is 0 Å². The maximum absolute atomic E-state index is 10.7. The van der Waals surface area contributed by atoms with E-state index in [1.54, 1.807) is 0 Å². The fourth-order valence-electron chi connectivity index (χ4n) is 1.12. The average molecular weight is 340 g/mol. The molecule has 0 bridgehead atoms. The Morgan fingerprint density at radius 2 is 1.45 bits per heavy atom. The zero-order valence-electron chi connectivity index (χ0n) is 9.66. The Hall–Kier alpha value is -0.230. The van der Waals surface area contributed by atoms with E-state index >= 15 is 0 Å². The summed E-state index contributed by atoms with van der Waals surface area (Å²) in [6.07, 6.45) is -9.21. The number of phosphoric ester groups is 2. The van der Waals surface area contributed by atoms with Crippen LogP contribution in [-0.2, 0) is 23.0 Å². The van der Waals surface area contributed by atoms with Gasteiger partial charge in [0.2, 0.25) is 0 Å². The Labute approximate surface area is 112 Å². The van der Waals surface area contributed by atoms with Crippen LogP contribution in [0.3, 0.4) is 0 Å². The Balaban J connectivity index is 5.31. The van der Waals surface area contributed by atoms with Crippen LogP contribution in [0, 0.1) is 0 Å². The first-order valence-corrected chi connectivity index (χ1v) is 7.87. The highest BCUT2D eigenvalue weighted by molar-refractivity contribution is 7.46. The number of hydrogen-bond acceptors (Lipinski definition) is 8. The van der Waals surface area contributed by atoms with Crippen molar-refractivity contribution in [2.45, 2.75) is 24.4 Å². The van der Waals surface area contributed by atoms with E-state index in [4.69, 9.17) is 29.8 Å². The van der Waals surface area contributed by atoms with E-state index in [1.807, 2.05) is 0 Å². The van der Waals surface area contributed by atoms with Gasteiger partial charge in [0.05, 0.1) is 6.61 Å². The molecule has 0 aliphatic rings. The molecule has 12 nitrogen and oxygen atoms in total. The van der Waals surface area contributed by atoms with Gasteiger partial charge in [-0.1, -0.05) is 0 Å². The average Bonchev–Trinajstić information content (AvgIpc) is 2.29. The largest absolute Gasteiger partial charge is 0.470 e. The summed E-state index contributed by atoms with van der Waals surface area (Å²) in [6.45, 7) is -1.08. The zero-order valence-corrected chi connectivity index (χ0v) is 11.4. The fourth-order valence-corrected chi connectivity index (χ4v) is 2.17. The highest BCUT2D eigenvalue weighted by Crippen LogP contribution is 2.43. The second kappa shape index (κ2) is 7.69. The van der Waals surface area contributed by atoms with Gasteiger partial charge in [-0.2, -0.15) is 0 Å². The lowest BCUT2D eigenvalue weighted by atomic mass is 10.0. The number of carbonyl (C=O) groups is 1. The third-order valence-electron chi connectivity index (χ3n) is 1.89. The molecule has 4 atom stereocenters. The number of rotatable bonds is 9. The molecule has 20 heavy (non-hydrogen) atoms. The minimum atomic E-state index is -5.30. The van der Waals surface area contributed by atoms with Gasteiger partial charge in [-0.15, -0.1) is 0 Å². The van der Waals surface area contributed by atoms with Gasteiger partial charge in [-0.05, 0) is 0 Å². The van der Waals surface area contributed by atoms with Crippen molar-refractivity contribution in [3.8, 4) is 0 Å². The minimum Gasteiger partial charge on any atom is -0.394 e. The lowest BCUT2D eigenvalue weighted by molar-refractivity contribution is -0.133. The first kappa shape index (κ1) is 19.8. The molecule has 0 heterocycles. The van der Waals surface area contributed by atoms with Crippen LogP contribution in [-0.4, -0.2) is 72.2 Å². The second-order valence-corrected chi connectivity index (χ2v) is 5.88. The van der Waals surface area contributed by atoms with Gasteiger partial charge in [0.25, 0.3) is 0 Å². The normalized spacial score (nSPS) is 19.1. The maximum Gasteiger partial charge on any atom is 0.470 e. The van der Waals surface area contributed by atoms with E-state index in [0.29, 0.717) is 0 Å². The molecule has 0 aromatic carbocycles. The van der Waals surface area contributed by atoms with Crippen LogP contribution in [0.5, 0.6) is 0 Å². The number of aliphatic hydroxyl groups is 3. The van der Waals surface area contributed by atoms with Gasteiger partial charge in [0.15, 0.2) is 12.4 Å². The van der Waals surface area contributed by atoms with Crippen LogP contribution in [0.1, 0.15) is 0 Å². The maximum atomic E-state index is 10.7. The minimum absolute atomic E-state index is 0.299. The predicted molar refractivity (Wildman–Crippen MR) is 59.0 cm³/mol.